The molecule has 0 saturated heterocycles. The molecule has 0 atom stereocenters. The maximum Gasteiger partial charge on any atom is 0.136 e. The van der Waals surface area contributed by atoms with Crippen molar-refractivity contribution in [2.24, 2.45) is 16.8 Å². The highest BCUT2D eigenvalue weighted by Crippen LogP contribution is 2.40. The standard InChI is InChI=1S/C25H32N4OS.C3H4/c1-17-13-19(14-22-23(16-31-25(17)22)20-5-3-2-4-6-20)15-30-21-10-7-18(8-11-21)9-12-24(28-26)29-27;1-3-2/h7-8,10-11,13-14,16,20H,2-6,9,12,15,26-27H2,1H3,(H,28,29);1H,2H3. The van der Waals surface area contributed by atoms with Crippen molar-refractivity contribution in [2.45, 2.75) is 71.3 Å². The molecule has 1 aliphatic rings. The Morgan fingerprint density at radius 3 is 2.53 bits per heavy atom. The number of ether oxygens (including phenoxy) is 1. The van der Waals surface area contributed by atoms with Crippen LogP contribution in [0.25, 0.3) is 10.1 Å². The molecular weight excluding hydrogens is 440 g/mol. The van der Waals surface area contributed by atoms with Gasteiger partial charge in [0.1, 0.15) is 18.2 Å². The van der Waals surface area contributed by atoms with Crippen LogP contribution < -0.4 is 21.8 Å². The van der Waals surface area contributed by atoms with Crippen molar-refractivity contribution in [3.8, 4) is 18.1 Å². The van der Waals surface area contributed by atoms with Crippen LogP contribution in [0.15, 0.2) is 46.9 Å². The van der Waals surface area contributed by atoms with Crippen molar-refractivity contribution < 1.29 is 4.74 Å². The van der Waals surface area contributed by atoms with E-state index in [-0.39, 0.29) is 0 Å². The molecule has 0 radical (unpaired) electrons. The van der Waals surface area contributed by atoms with Gasteiger partial charge in [-0.3, -0.25) is 0 Å². The van der Waals surface area contributed by atoms with E-state index >= 15 is 0 Å². The first-order chi connectivity index (χ1) is 16.6. The van der Waals surface area contributed by atoms with Crippen molar-refractivity contribution >= 4 is 27.3 Å². The molecule has 5 nitrogen and oxygen atoms in total. The van der Waals surface area contributed by atoms with Crippen molar-refractivity contribution in [1.29, 1.82) is 0 Å². The van der Waals surface area contributed by atoms with Crippen LogP contribution in [0.1, 0.15) is 73.6 Å². The van der Waals surface area contributed by atoms with Crippen LogP contribution >= 0.6 is 11.3 Å². The van der Waals surface area contributed by atoms with Crippen LogP contribution in [0.5, 0.6) is 5.75 Å². The molecule has 5 N–H and O–H groups in total. The predicted molar refractivity (Wildman–Crippen MR) is 145 cm³/mol. The lowest BCUT2D eigenvalue weighted by atomic mass is 9.83. The zero-order chi connectivity index (χ0) is 24.3. The monoisotopic (exact) mass is 476 g/mol. The molecule has 1 aliphatic carbocycles. The highest BCUT2D eigenvalue weighted by Gasteiger charge is 2.19. The minimum absolute atomic E-state index is 0.581. The lowest BCUT2D eigenvalue weighted by Gasteiger charge is -2.21. The highest BCUT2D eigenvalue weighted by molar-refractivity contribution is 7.17. The molecule has 1 fully saturated rings. The van der Waals surface area contributed by atoms with Crippen molar-refractivity contribution in [3.05, 3.63) is 64.0 Å². The summed E-state index contributed by atoms with van der Waals surface area (Å²) in [6.07, 6.45) is 12.9. The second-order valence-corrected chi connectivity index (χ2v) is 9.64. The third-order valence-electron chi connectivity index (χ3n) is 6.30. The Hall–Kier alpha value is -3.01. The topological polar surface area (TPSA) is 85.7 Å². The fourth-order valence-electron chi connectivity index (χ4n) is 4.57. The van der Waals surface area contributed by atoms with Gasteiger partial charge in [-0.25, -0.2) is 5.84 Å². The zero-order valence-corrected chi connectivity index (χ0v) is 21.1. The van der Waals surface area contributed by atoms with E-state index in [2.05, 4.69) is 59.4 Å². The maximum atomic E-state index is 6.11. The summed E-state index contributed by atoms with van der Waals surface area (Å²) >= 11 is 1.90. The number of thiophene rings is 1. The van der Waals surface area contributed by atoms with Gasteiger partial charge in [0.15, 0.2) is 0 Å². The molecule has 0 spiro atoms. The quantitative estimate of drug-likeness (QED) is 0.126. The number of hydrazine groups is 1. The summed E-state index contributed by atoms with van der Waals surface area (Å²) < 4.78 is 7.54. The van der Waals surface area contributed by atoms with E-state index in [4.69, 9.17) is 16.4 Å². The van der Waals surface area contributed by atoms with E-state index in [1.807, 2.05) is 23.5 Å². The lowest BCUT2D eigenvalue weighted by molar-refractivity contribution is 0.306. The van der Waals surface area contributed by atoms with E-state index in [1.54, 1.807) is 12.5 Å². The molecule has 0 bridgehead atoms. The van der Waals surface area contributed by atoms with Crippen LogP contribution in [-0.2, 0) is 13.0 Å². The number of fused-ring (bicyclic) bond motifs is 1. The summed E-state index contributed by atoms with van der Waals surface area (Å²) in [5.74, 6) is 15.1. The van der Waals surface area contributed by atoms with Gasteiger partial charge >= 0.3 is 0 Å². The first-order valence-corrected chi connectivity index (χ1v) is 12.8. The van der Waals surface area contributed by atoms with E-state index < -0.39 is 0 Å². The van der Waals surface area contributed by atoms with Gasteiger partial charge in [-0.1, -0.05) is 37.5 Å². The first-order valence-electron chi connectivity index (χ1n) is 11.9. The Kier molecular flexibility index (Phi) is 9.81. The Balaban J connectivity index is 0.00000103. The Morgan fingerprint density at radius 1 is 1.18 bits per heavy atom. The summed E-state index contributed by atoms with van der Waals surface area (Å²) in [4.78, 5) is 0. The van der Waals surface area contributed by atoms with Gasteiger partial charge in [0.2, 0.25) is 0 Å². The first kappa shape index (κ1) is 25.6. The minimum atomic E-state index is 0.581. The molecule has 2 aromatic carbocycles. The highest BCUT2D eigenvalue weighted by atomic mass is 32.1. The average Bonchev–Trinajstić information content (AvgIpc) is 3.30. The molecule has 4 rings (SSSR count). The third-order valence-corrected chi connectivity index (χ3v) is 7.45. The number of rotatable bonds is 7. The van der Waals surface area contributed by atoms with E-state index in [9.17, 15) is 0 Å². The number of terminal acetylenes is 1. The number of hydrazone groups is 1. The normalized spacial score (nSPS) is 14.2. The van der Waals surface area contributed by atoms with Gasteiger partial charge in [-0.15, -0.1) is 23.7 Å². The molecule has 6 heteroatoms. The van der Waals surface area contributed by atoms with Gasteiger partial charge in [0.05, 0.1) is 0 Å². The van der Waals surface area contributed by atoms with E-state index in [0.717, 1.165) is 18.1 Å². The molecule has 34 heavy (non-hydrogen) atoms. The number of aryl methyl sites for hydroxylation is 2. The van der Waals surface area contributed by atoms with Crippen molar-refractivity contribution in [1.82, 2.24) is 5.43 Å². The number of nitrogens with zero attached hydrogens (tertiary/aromatic N) is 1. The lowest BCUT2D eigenvalue weighted by Crippen LogP contribution is -2.31. The molecular formula is C28H36N4OS. The van der Waals surface area contributed by atoms with Crippen LogP contribution in [-0.4, -0.2) is 5.84 Å². The van der Waals surface area contributed by atoms with Gasteiger partial charge in [0.25, 0.3) is 0 Å². The third kappa shape index (κ3) is 6.75. The molecule has 0 aliphatic heterocycles. The molecule has 1 heterocycles. The van der Waals surface area contributed by atoms with Crippen LogP contribution in [0.3, 0.4) is 0 Å². The smallest absolute Gasteiger partial charge is 0.136 e. The predicted octanol–water partition coefficient (Wildman–Crippen LogP) is 6.14. The molecule has 0 unspecified atom stereocenters. The Morgan fingerprint density at radius 2 is 1.88 bits per heavy atom. The average molecular weight is 477 g/mol. The second-order valence-electron chi connectivity index (χ2n) is 8.76. The summed E-state index contributed by atoms with van der Waals surface area (Å²) in [6.45, 7) is 4.45. The molecule has 180 valence electrons. The summed E-state index contributed by atoms with van der Waals surface area (Å²) in [7, 11) is 0. The molecule has 3 aromatic rings. The number of nitrogens with two attached hydrogens (primary N) is 2. The number of hydrogen-bond donors (Lipinski definition) is 3. The molecule has 0 amide bonds. The number of amidine groups is 1. The van der Waals surface area contributed by atoms with Gasteiger partial charge in [-0.05, 0) is 90.2 Å². The summed E-state index contributed by atoms with van der Waals surface area (Å²) in [5, 5.41) is 7.46. The van der Waals surface area contributed by atoms with Crippen LogP contribution in [0.4, 0.5) is 0 Å². The van der Waals surface area contributed by atoms with Gasteiger partial charge < -0.3 is 16.0 Å². The maximum absolute atomic E-state index is 6.11. The van der Waals surface area contributed by atoms with E-state index in [1.165, 1.54) is 58.9 Å². The van der Waals surface area contributed by atoms with Crippen LogP contribution in [0.2, 0.25) is 0 Å². The van der Waals surface area contributed by atoms with Crippen molar-refractivity contribution in [2.75, 3.05) is 0 Å². The van der Waals surface area contributed by atoms with Crippen molar-refractivity contribution in [3.63, 3.8) is 0 Å². The Labute approximate surface area is 207 Å². The SMILES string of the molecule is C#CC.Cc1cc(COc2ccc(CC/C(=N/N)NN)cc2)cc2c(C3CCCCC3)csc12. The fraction of sp³-hybridized carbons (Fsp3) is 0.393. The second kappa shape index (κ2) is 13.0. The van der Waals surface area contributed by atoms with Gasteiger partial charge in [-0.2, -0.15) is 5.10 Å². The van der Waals surface area contributed by atoms with Crippen LogP contribution in [0, 0.1) is 19.3 Å². The number of benzene rings is 2. The minimum Gasteiger partial charge on any atom is -0.489 e. The number of nitrogens with one attached hydrogen (secondary N) is 1. The zero-order valence-electron chi connectivity index (χ0n) is 20.3. The fourth-order valence-corrected chi connectivity index (χ4v) is 5.69. The Bertz CT molecular complexity index is 1120. The summed E-state index contributed by atoms with van der Waals surface area (Å²) in [5.41, 5.74) is 7.85. The van der Waals surface area contributed by atoms with Gasteiger partial charge in [0, 0.05) is 11.1 Å². The van der Waals surface area contributed by atoms with E-state index in [0.29, 0.717) is 18.9 Å². The summed E-state index contributed by atoms with van der Waals surface area (Å²) in [6, 6.07) is 12.8. The molecule has 1 saturated carbocycles. The largest absolute Gasteiger partial charge is 0.489 e. The number of hydrogen-bond acceptors (Lipinski definition) is 5. The molecule has 1 aromatic heterocycles.